The molecule has 0 aromatic heterocycles. The molecule has 0 bridgehead atoms. The van der Waals surface area contributed by atoms with E-state index in [1.165, 1.54) is 12.1 Å². The zero-order chi connectivity index (χ0) is 13.7. The van der Waals surface area contributed by atoms with E-state index in [9.17, 15) is 13.6 Å². The van der Waals surface area contributed by atoms with Gasteiger partial charge in [0.15, 0.2) is 11.6 Å². The SMILES string of the molecule is CC(C/C(N)=N/O)NC(=O)c1cccc(F)c1F. The van der Waals surface area contributed by atoms with Gasteiger partial charge in [0.05, 0.1) is 5.56 Å². The lowest BCUT2D eigenvalue weighted by molar-refractivity contribution is 0.0936. The Morgan fingerprint density at radius 3 is 2.83 bits per heavy atom. The number of carbonyl (C=O) groups is 1. The van der Waals surface area contributed by atoms with Crippen molar-refractivity contribution in [1.29, 1.82) is 0 Å². The van der Waals surface area contributed by atoms with E-state index >= 15 is 0 Å². The van der Waals surface area contributed by atoms with E-state index in [0.29, 0.717) is 0 Å². The molecule has 0 aliphatic carbocycles. The lowest BCUT2D eigenvalue weighted by Crippen LogP contribution is -2.36. The average Bonchev–Trinajstić information content (AvgIpc) is 2.32. The van der Waals surface area contributed by atoms with Gasteiger partial charge in [-0.3, -0.25) is 4.79 Å². The van der Waals surface area contributed by atoms with Gasteiger partial charge in [-0.25, -0.2) is 8.78 Å². The first-order valence-corrected chi connectivity index (χ1v) is 5.17. The van der Waals surface area contributed by atoms with Crippen molar-refractivity contribution < 1.29 is 18.8 Å². The van der Waals surface area contributed by atoms with Crippen molar-refractivity contribution in [3.05, 3.63) is 35.4 Å². The van der Waals surface area contributed by atoms with E-state index in [0.717, 1.165) is 6.07 Å². The number of carbonyl (C=O) groups excluding carboxylic acids is 1. The molecule has 18 heavy (non-hydrogen) atoms. The van der Waals surface area contributed by atoms with Gasteiger partial charge in [-0.1, -0.05) is 11.2 Å². The lowest BCUT2D eigenvalue weighted by Gasteiger charge is -2.13. The molecule has 7 heteroatoms. The van der Waals surface area contributed by atoms with Crippen LogP contribution in [0.2, 0.25) is 0 Å². The average molecular weight is 257 g/mol. The Bertz CT molecular complexity index is 477. The predicted octanol–water partition coefficient (Wildman–Crippen LogP) is 1.22. The maximum atomic E-state index is 13.3. The molecule has 4 N–H and O–H groups in total. The third-order valence-corrected chi connectivity index (χ3v) is 2.22. The molecule has 1 aromatic rings. The number of oxime groups is 1. The number of amidine groups is 1. The van der Waals surface area contributed by atoms with Gasteiger partial charge in [0.1, 0.15) is 5.84 Å². The van der Waals surface area contributed by atoms with Gasteiger partial charge in [0, 0.05) is 12.5 Å². The molecule has 0 saturated carbocycles. The first-order valence-electron chi connectivity index (χ1n) is 5.17. The van der Waals surface area contributed by atoms with Crippen molar-refractivity contribution >= 4 is 11.7 Å². The highest BCUT2D eigenvalue weighted by Gasteiger charge is 2.17. The van der Waals surface area contributed by atoms with E-state index in [4.69, 9.17) is 10.9 Å². The molecule has 98 valence electrons. The fourth-order valence-electron chi connectivity index (χ4n) is 1.39. The first kappa shape index (κ1) is 13.9. The summed E-state index contributed by atoms with van der Waals surface area (Å²) < 4.78 is 26.2. The molecule has 1 unspecified atom stereocenters. The van der Waals surface area contributed by atoms with Crippen molar-refractivity contribution in [2.45, 2.75) is 19.4 Å². The molecule has 1 atom stereocenters. The maximum absolute atomic E-state index is 13.3. The number of halogens is 2. The van der Waals surface area contributed by atoms with Gasteiger partial charge in [-0.15, -0.1) is 0 Å². The van der Waals surface area contributed by atoms with E-state index in [1.807, 2.05) is 0 Å². The van der Waals surface area contributed by atoms with Crippen LogP contribution in [-0.4, -0.2) is 23.0 Å². The van der Waals surface area contributed by atoms with E-state index in [2.05, 4.69) is 10.5 Å². The third-order valence-electron chi connectivity index (χ3n) is 2.22. The molecule has 0 heterocycles. The Hall–Kier alpha value is -2.18. The van der Waals surface area contributed by atoms with E-state index in [-0.39, 0.29) is 17.8 Å². The fraction of sp³-hybridized carbons (Fsp3) is 0.273. The summed E-state index contributed by atoms with van der Waals surface area (Å²) in [5, 5.41) is 13.5. The number of hydrogen-bond acceptors (Lipinski definition) is 3. The van der Waals surface area contributed by atoms with Gasteiger partial charge in [-0.2, -0.15) is 0 Å². The third kappa shape index (κ3) is 3.41. The van der Waals surface area contributed by atoms with Crippen molar-refractivity contribution in [2.24, 2.45) is 10.9 Å². The summed E-state index contributed by atoms with van der Waals surface area (Å²) in [5.74, 6) is -3.12. The Morgan fingerprint density at radius 2 is 2.22 bits per heavy atom. The molecule has 0 spiro atoms. The molecule has 0 fully saturated rings. The summed E-state index contributed by atoms with van der Waals surface area (Å²) in [6, 6.07) is 2.85. The Labute approximate surface area is 102 Å². The highest BCUT2D eigenvalue weighted by atomic mass is 19.2. The smallest absolute Gasteiger partial charge is 0.254 e. The second-order valence-corrected chi connectivity index (χ2v) is 3.77. The van der Waals surface area contributed by atoms with Crippen LogP contribution in [-0.2, 0) is 0 Å². The molecule has 0 aliphatic heterocycles. The van der Waals surface area contributed by atoms with Crippen molar-refractivity contribution in [2.75, 3.05) is 0 Å². The summed E-state index contributed by atoms with van der Waals surface area (Å²) in [5.41, 5.74) is 4.87. The zero-order valence-corrected chi connectivity index (χ0v) is 9.65. The van der Waals surface area contributed by atoms with Gasteiger partial charge in [-0.05, 0) is 19.1 Å². The summed E-state index contributed by atoms with van der Waals surface area (Å²) >= 11 is 0. The summed E-state index contributed by atoms with van der Waals surface area (Å²) in [7, 11) is 0. The molecular formula is C11H13F2N3O2. The van der Waals surface area contributed by atoms with E-state index < -0.39 is 23.6 Å². The Balaban J connectivity index is 2.74. The normalized spacial score (nSPS) is 13.2. The molecule has 1 rings (SSSR count). The Kier molecular flexibility index (Phi) is 4.59. The minimum Gasteiger partial charge on any atom is -0.409 e. The number of hydrogen-bond donors (Lipinski definition) is 3. The minimum atomic E-state index is -1.20. The molecule has 0 aliphatic rings. The molecule has 1 amide bonds. The van der Waals surface area contributed by atoms with E-state index in [1.54, 1.807) is 6.92 Å². The highest BCUT2D eigenvalue weighted by Crippen LogP contribution is 2.11. The molecule has 1 aromatic carbocycles. The van der Waals surface area contributed by atoms with Crippen LogP contribution >= 0.6 is 0 Å². The van der Waals surface area contributed by atoms with Crippen LogP contribution in [0.15, 0.2) is 23.4 Å². The second-order valence-electron chi connectivity index (χ2n) is 3.77. The Morgan fingerprint density at radius 1 is 1.56 bits per heavy atom. The highest BCUT2D eigenvalue weighted by molar-refractivity contribution is 5.95. The van der Waals surface area contributed by atoms with Crippen LogP contribution in [0, 0.1) is 11.6 Å². The van der Waals surface area contributed by atoms with Crippen molar-refractivity contribution in [3.63, 3.8) is 0 Å². The topological polar surface area (TPSA) is 87.7 Å². The molecule has 0 saturated heterocycles. The molecule has 5 nitrogen and oxygen atoms in total. The van der Waals surface area contributed by atoms with Crippen LogP contribution in [0.4, 0.5) is 8.78 Å². The van der Waals surface area contributed by atoms with Crippen LogP contribution in [0.5, 0.6) is 0 Å². The monoisotopic (exact) mass is 257 g/mol. The number of amides is 1. The largest absolute Gasteiger partial charge is 0.409 e. The van der Waals surface area contributed by atoms with Crippen LogP contribution in [0.1, 0.15) is 23.7 Å². The van der Waals surface area contributed by atoms with Crippen molar-refractivity contribution in [1.82, 2.24) is 5.32 Å². The van der Waals surface area contributed by atoms with Crippen LogP contribution in [0.3, 0.4) is 0 Å². The zero-order valence-electron chi connectivity index (χ0n) is 9.65. The number of nitrogens with one attached hydrogen (secondary N) is 1. The first-order chi connectivity index (χ1) is 8.45. The lowest BCUT2D eigenvalue weighted by atomic mass is 10.1. The minimum absolute atomic E-state index is 0.0671. The predicted molar refractivity (Wildman–Crippen MR) is 61.3 cm³/mol. The van der Waals surface area contributed by atoms with Gasteiger partial charge >= 0.3 is 0 Å². The van der Waals surface area contributed by atoms with Gasteiger partial charge < -0.3 is 16.3 Å². The summed E-state index contributed by atoms with van der Waals surface area (Å²) in [6.07, 6.45) is 0.0964. The fourth-order valence-corrected chi connectivity index (χ4v) is 1.39. The number of nitrogens with two attached hydrogens (primary N) is 1. The molecule has 0 radical (unpaired) electrons. The molecular weight excluding hydrogens is 244 g/mol. The van der Waals surface area contributed by atoms with Gasteiger partial charge in [0.25, 0.3) is 5.91 Å². The summed E-state index contributed by atoms with van der Waals surface area (Å²) in [6.45, 7) is 1.59. The number of rotatable bonds is 4. The summed E-state index contributed by atoms with van der Waals surface area (Å²) in [4.78, 5) is 11.6. The number of nitrogens with zero attached hydrogens (tertiary/aromatic N) is 1. The van der Waals surface area contributed by atoms with Gasteiger partial charge in [0.2, 0.25) is 0 Å². The van der Waals surface area contributed by atoms with Crippen LogP contribution < -0.4 is 11.1 Å². The maximum Gasteiger partial charge on any atom is 0.254 e. The second kappa shape index (κ2) is 5.95. The van der Waals surface area contributed by atoms with Crippen LogP contribution in [0.25, 0.3) is 0 Å². The quantitative estimate of drug-likeness (QED) is 0.328. The number of benzene rings is 1. The van der Waals surface area contributed by atoms with Crippen molar-refractivity contribution in [3.8, 4) is 0 Å². The standard InChI is InChI=1S/C11H13F2N3O2/c1-6(5-9(14)16-18)15-11(17)7-3-2-4-8(12)10(7)13/h2-4,6,18H,5H2,1H3,(H2,14,16)(H,15,17).